The Labute approximate surface area is 161 Å². The number of hydrogen-bond donors (Lipinski definition) is 3. The molecule has 0 aliphatic carbocycles. The van der Waals surface area contributed by atoms with E-state index in [4.69, 9.17) is 4.74 Å². The molecule has 0 bridgehead atoms. The summed E-state index contributed by atoms with van der Waals surface area (Å²) >= 11 is 0. The predicted molar refractivity (Wildman–Crippen MR) is 106 cm³/mol. The van der Waals surface area contributed by atoms with Gasteiger partial charge in [0.05, 0.1) is 30.8 Å². The first-order valence-corrected chi connectivity index (χ1v) is 8.79. The number of nitrogens with one attached hydrogen (secondary N) is 2. The van der Waals surface area contributed by atoms with Gasteiger partial charge < -0.3 is 20.1 Å². The van der Waals surface area contributed by atoms with E-state index in [1.807, 2.05) is 36.4 Å². The fraction of sp³-hybridized carbons (Fsp3) is 0.143. The van der Waals surface area contributed by atoms with Crippen LogP contribution in [-0.2, 0) is 0 Å². The monoisotopic (exact) mass is 378 g/mol. The van der Waals surface area contributed by atoms with E-state index in [2.05, 4.69) is 20.3 Å². The number of fused-ring (bicyclic) bond motifs is 1. The van der Waals surface area contributed by atoms with Gasteiger partial charge in [-0.25, -0.2) is 14.4 Å². The maximum absolute atomic E-state index is 13.5. The number of rotatable bonds is 6. The first kappa shape index (κ1) is 17.9. The van der Waals surface area contributed by atoms with Crippen molar-refractivity contribution in [1.82, 2.24) is 15.0 Å². The minimum atomic E-state index is -0.368. The summed E-state index contributed by atoms with van der Waals surface area (Å²) in [5.41, 5.74) is 3.03. The number of aromatic amines is 1. The van der Waals surface area contributed by atoms with Crippen LogP contribution in [0.5, 0.6) is 5.75 Å². The van der Waals surface area contributed by atoms with Crippen molar-refractivity contribution in [3.8, 4) is 17.0 Å². The lowest BCUT2D eigenvalue weighted by Gasteiger charge is -2.17. The van der Waals surface area contributed by atoms with Crippen molar-refractivity contribution in [3.05, 3.63) is 72.3 Å². The Bertz CT molecular complexity index is 1100. The number of nitrogens with zero attached hydrogens (tertiary/aromatic N) is 2. The molecule has 0 aliphatic rings. The van der Waals surface area contributed by atoms with E-state index in [1.165, 1.54) is 25.6 Å². The molecule has 6 nitrogen and oxygen atoms in total. The second-order valence-electron chi connectivity index (χ2n) is 6.30. The van der Waals surface area contributed by atoms with Crippen LogP contribution in [0.15, 0.2) is 60.9 Å². The van der Waals surface area contributed by atoms with Gasteiger partial charge in [-0.1, -0.05) is 30.3 Å². The molecular weight excluding hydrogens is 359 g/mol. The van der Waals surface area contributed by atoms with Crippen LogP contribution in [0.25, 0.3) is 22.3 Å². The van der Waals surface area contributed by atoms with E-state index in [9.17, 15) is 9.50 Å². The van der Waals surface area contributed by atoms with E-state index >= 15 is 0 Å². The highest BCUT2D eigenvalue weighted by atomic mass is 19.1. The fourth-order valence-electron chi connectivity index (χ4n) is 3.17. The third-order valence-electron chi connectivity index (χ3n) is 4.57. The second-order valence-corrected chi connectivity index (χ2v) is 6.30. The van der Waals surface area contributed by atoms with E-state index in [1.54, 1.807) is 6.07 Å². The van der Waals surface area contributed by atoms with Gasteiger partial charge in [-0.3, -0.25) is 0 Å². The normalized spacial score (nSPS) is 12.1. The van der Waals surface area contributed by atoms with Crippen molar-refractivity contribution in [3.63, 3.8) is 0 Å². The largest absolute Gasteiger partial charge is 0.496 e. The summed E-state index contributed by atoms with van der Waals surface area (Å²) in [5.74, 6) is 0.649. The highest BCUT2D eigenvalue weighted by Crippen LogP contribution is 2.34. The average molecular weight is 378 g/mol. The molecule has 28 heavy (non-hydrogen) atoms. The first-order valence-electron chi connectivity index (χ1n) is 8.79. The van der Waals surface area contributed by atoms with Gasteiger partial charge in [-0.15, -0.1) is 0 Å². The Kier molecular flexibility index (Phi) is 4.90. The number of aliphatic hydroxyl groups excluding tert-OH is 1. The first-order chi connectivity index (χ1) is 13.7. The minimum absolute atomic E-state index is 0.0847. The van der Waals surface area contributed by atoms with E-state index < -0.39 is 0 Å². The second kappa shape index (κ2) is 7.66. The van der Waals surface area contributed by atoms with Gasteiger partial charge in [-0.2, -0.15) is 0 Å². The number of anilines is 1. The van der Waals surface area contributed by atoms with Crippen molar-refractivity contribution in [1.29, 1.82) is 0 Å². The molecule has 4 rings (SSSR count). The molecule has 0 fully saturated rings. The number of hydrogen-bond acceptors (Lipinski definition) is 5. The number of methoxy groups -OCH3 is 1. The fourth-order valence-corrected chi connectivity index (χ4v) is 3.17. The summed E-state index contributed by atoms with van der Waals surface area (Å²) in [6.07, 6.45) is 1.45. The Morgan fingerprint density at radius 1 is 1.14 bits per heavy atom. The lowest BCUT2D eigenvalue weighted by molar-refractivity contribution is 0.276. The van der Waals surface area contributed by atoms with Gasteiger partial charge in [-0.05, 0) is 23.8 Å². The lowest BCUT2D eigenvalue weighted by atomic mass is 10.1. The van der Waals surface area contributed by atoms with Crippen LogP contribution in [0.2, 0.25) is 0 Å². The van der Waals surface area contributed by atoms with Gasteiger partial charge in [0.1, 0.15) is 29.4 Å². The molecule has 4 aromatic rings. The van der Waals surface area contributed by atoms with Gasteiger partial charge in [0, 0.05) is 11.6 Å². The molecule has 3 N–H and O–H groups in total. The standard InChI is InChI=1S/C21H19FN4O2/c1-28-19-9-14(22)7-8-15(19)17-10-16-20(25-17)23-12-24-21(16)26-18(11-27)13-5-3-2-4-6-13/h2-10,12,18,27H,11H2,1H3,(H2,23,24,25,26)/t18-/m1/s1. The molecule has 2 aromatic heterocycles. The molecule has 7 heteroatoms. The van der Waals surface area contributed by atoms with Crippen molar-refractivity contribution < 1.29 is 14.2 Å². The highest BCUT2D eigenvalue weighted by molar-refractivity contribution is 5.92. The average Bonchev–Trinajstić information content (AvgIpc) is 3.17. The molecule has 0 amide bonds. The van der Waals surface area contributed by atoms with Gasteiger partial charge >= 0.3 is 0 Å². The zero-order valence-electron chi connectivity index (χ0n) is 15.2. The summed E-state index contributed by atoms with van der Waals surface area (Å²) in [5, 5.41) is 13.9. The third kappa shape index (κ3) is 3.39. The maximum atomic E-state index is 13.5. The summed E-state index contributed by atoms with van der Waals surface area (Å²) in [4.78, 5) is 11.8. The van der Waals surface area contributed by atoms with Crippen LogP contribution in [0.1, 0.15) is 11.6 Å². The van der Waals surface area contributed by atoms with Crippen LogP contribution >= 0.6 is 0 Å². The molecular formula is C21H19FN4O2. The topological polar surface area (TPSA) is 83.1 Å². The molecule has 0 saturated carbocycles. The summed E-state index contributed by atoms with van der Waals surface area (Å²) in [7, 11) is 1.50. The number of benzene rings is 2. The minimum Gasteiger partial charge on any atom is -0.496 e. The van der Waals surface area contributed by atoms with Crippen molar-refractivity contribution in [2.45, 2.75) is 6.04 Å². The highest BCUT2D eigenvalue weighted by Gasteiger charge is 2.16. The van der Waals surface area contributed by atoms with Crippen LogP contribution in [0.3, 0.4) is 0 Å². The number of ether oxygens (including phenoxy) is 1. The maximum Gasteiger partial charge on any atom is 0.143 e. The number of H-pyrrole nitrogens is 1. The molecule has 0 spiro atoms. The molecule has 2 aromatic carbocycles. The van der Waals surface area contributed by atoms with Crippen LogP contribution in [0, 0.1) is 5.82 Å². The van der Waals surface area contributed by atoms with E-state index in [-0.39, 0.29) is 18.5 Å². The van der Waals surface area contributed by atoms with E-state index in [0.29, 0.717) is 17.2 Å². The summed E-state index contributed by atoms with van der Waals surface area (Å²) in [6.45, 7) is -0.0847. The number of aliphatic hydroxyl groups is 1. The van der Waals surface area contributed by atoms with Gasteiger partial charge in [0.15, 0.2) is 0 Å². The molecule has 0 radical (unpaired) electrons. The van der Waals surface area contributed by atoms with Gasteiger partial charge in [0.2, 0.25) is 0 Å². The Hall–Kier alpha value is -3.45. The zero-order valence-corrected chi connectivity index (χ0v) is 15.2. The molecule has 0 saturated heterocycles. The molecule has 0 aliphatic heterocycles. The third-order valence-corrected chi connectivity index (χ3v) is 4.57. The Balaban J connectivity index is 1.74. The molecule has 0 unspecified atom stereocenters. The predicted octanol–water partition coefficient (Wildman–Crippen LogP) is 3.92. The SMILES string of the molecule is COc1cc(F)ccc1-c1cc2c(N[C@H](CO)c3ccccc3)ncnc2[nH]1. The van der Waals surface area contributed by atoms with Crippen LogP contribution in [0.4, 0.5) is 10.2 Å². The quantitative estimate of drug-likeness (QED) is 0.474. The zero-order chi connectivity index (χ0) is 19.5. The molecule has 1 atom stereocenters. The molecule has 142 valence electrons. The Morgan fingerprint density at radius 2 is 1.96 bits per heavy atom. The summed E-state index contributed by atoms with van der Waals surface area (Å²) < 4.78 is 18.8. The van der Waals surface area contributed by atoms with Gasteiger partial charge in [0.25, 0.3) is 0 Å². The smallest absolute Gasteiger partial charge is 0.143 e. The lowest BCUT2D eigenvalue weighted by Crippen LogP contribution is -2.15. The van der Waals surface area contributed by atoms with Crippen LogP contribution in [-0.4, -0.2) is 33.8 Å². The Morgan fingerprint density at radius 3 is 2.71 bits per heavy atom. The van der Waals surface area contributed by atoms with Crippen molar-refractivity contribution in [2.24, 2.45) is 0 Å². The number of halogens is 1. The van der Waals surface area contributed by atoms with Crippen molar-refractivity contribution in [2.75, 3.05) is 19.0 Å². The number of aromatic nitrogens is 3. The van der Waals surface area contributed by atoms with Crippen LogP contribution < -0.4 is 10.1 Å². The summed E-state index contributed by atoms with van der Waals surface area (Å²) in [6, 6.07) is 15.6. The molecule has 2 heterocycles. The van der Waals surface area contributed by atoms with Crippen molar-refractivity contribution >= 4 is 16.9 Å². The van der Waals surface area contributed by atoms with E-state index in [0.717, 1.165) is 22.2 Å².